The molecule has 1 heterocycles. The summed E-state index contributed by atoms with van der Waals surface area (Å²) in [6, 6.07) is 14.4. The summed E-state index contributed by atoms with van der Waals surface area (Å²) < 4.78 is 6.89. The number of rotatable bonds is 3. The summed E-state index contributed by atoms with van der Waals surface area (Å²) in [5, 5.41) is 3.37. The van der Waals surface area contributed by atoms with Crippen LogP contribution >= 0.6 is 15.9 Å². The molecule has 0 aliphatic carbocycles. The molecule has 0 amide bonds. The van der Waals surface area contributed by atoms with Crippen molar-refractivity contribution in [2.24, 2.45) is 0 Å². The van der Waals surface area contributed by atoms with Crippen molar-refractivity contribution in [3.63, 3.8) is 0 Å². The molecule has 18 heavy (non-hydrogen) atoms. The molecule has 92 valence electrons. The van der Waals surface area contributed by atoms with Gasteiger partial charge in [0.25, 0.3) is 0 Å². The highest BCUT2D eigenvalue weighted by molar-refractivity contribution is 9.10. The molecule has 1 N–H and O–H groups in total. The molecule has 0 saturated heterocycles. The molecule has 0 bridgehead atoms. The van der Waals surface area contributed by atoms with Crippen LogP contribution in [0.2, 0.25) is 0 Å². The number of hydrogen-bond acceptors (Lipinski definition) is 2. The van der Waals surface area contributed by atoms with Crippen LogP contribution in [0, 0.1) is 0 Å². The van der Waals surface area contributed by atoms with Gasteiger partial charge >= 0.3 is 0 Å². The van der Waals surface area contributed by atoms with Gasteiger partial charge in [0, 0.05) is 17.6 Å². The summed E-state index contributed by atoms with van der Waals surface area (Å²) in [4.78, 5) is 0. The van der Waals surface area contributed by atoms with Gasteiger partial charge in [-0.3, -0.25) is 0 Å². The highest BCUT2D eigenvalue weighted by Crippen LogP contribution is 2.22. The predicted molar refractivity (Wildman–Crippen MR) is 75.5 cm³/mol. The molecular weight excluding hydrogens is 290 g/mol. The summed E-state index contributed by atoms with van der Waals surface area (Å²) in [5.74, 6) is 0.904. The highest BCUT2D eigenvalue weighted by atomic mass is 79.9. The van der Waals surface area contributed by atoms with E-state index in [1.807, 2.05) is 24.3 Å². The summed E-state index contributed by atoms with van der Waals surface area (Å²) >= 11 is 3.42. The molecular formula is C15H14BrNO. The maximum atomic E-state index is 5.82. The third-order valence-electron chi connectivity index (χ3n) is 3.20. The van der Waals surface area contributed by atoms with E-state index in [9.17, 15) is 0 Å². The molecule has 0 spiro atoms. The first-order chi connectivity index (χ1) is 8.83. The van der Waals surface area contributed by atoms with Crippen LogP contribution in [-0.4, -0.2) is 0 Å². The SMILES string of the molecule is Brc1ccc(OCc2cccc3c2CNC3)cc1. The lowest BCUT2D eigenvalue weighted by atomic mass is 10.0. The molecule has 0 atom stereocenters. The van der Waals surface area contributed by atoms with Crippen molar-refractivity contribution in [3.8, 4) is 5.75 Å². The first-order valence-corrected chi connectivity index (χ1v) is 6.81. The Morgan fingerprint density at radius 3 is 2.72 bits per heavy atom. The van der Waals surface area contributed by atoms with Crippen LogP contribution in [-0.2, 0) is 19.7 Å². The molecule has 1 aliphatic heterocycles. The number of ether oxygens (including phenoxy) is 1. The summed E-state index contributed by atoms with van der Waals surface area (Å²) in [7, 11) is 0. The first-order valence-electron chi connectivity index (χ1n) is 6.01. The fourth-order valence-electron chi connectivity index (χ4n) is 2.23. The van der Waals surface area contributed by atoms with Crippen LogP contribution in [0.25, 0.3) is 0 Å². The minimum atomic E-state index is 0.631. The van der Waals surface area contributed by atoms with E-state index < -0.39 is 0 Å². The third kappa shape index (κ3) is 2.42. The zero-order valence-electron chi connectivity index (χ0n) is 9.95. The van der Waals surface area contributed by atoms with Crippen LogP contribution in [0.4, 0.5) is 0 Å². The van der Waals surface area contributed by atoms with E-state index in [1.165, 1.54) is 16.7 Å². The fraction of sp³-hybridized carbons (Fsp3) is 0.200. The van der Waals surface area contributed by atoms with Crippen LogP contribution in [0.1, 0.15) is 16.7 Å². The van der Waals surface area contributed by atoms with Crippen molar-refractivity contribution in [2.75, 3.05) is 0 Å². The predicted octanol–water partition coefficient (Wildman–Crippen LogP) is 3.63. The van der Waals surface area contributed by atoms with E-state index in [-0.39, 0.29) is 0 Å². The molecule has 2 nitrogen and oxygen atoms in total. The van der Waals surface area contributed by atoms with Crippen molar-refractivity contribution < 1.29 is 4.74 Å². The molecule has 0 saturated carbocycles. The second-order valence-corrected chi connectivity index (χ2v) is 5.32. The van der Waals surface area contributed by atoms with Gasteiger partial charge in [0.05, 0.1) is 0 Å². The summed E-state index contributed by atoms with van der Waals surface area (Å²) in [6.45, 7) is 2.56. The van der Waals surface area contributed by atoms with E-state index in [0.717, 1.165) is 23.3 Å². The molecule has 0 fully saturated rings. The van der Waals surface area contributed by atoms with Gasteiger partial charge < -0.3 is 10.1 Å². The number of hydrogen-bond donors (Lipinski definition) is 1. The lowest BCUT2D eigenvalue weighted by molar-refractivity contribution is 0.305. The van der Waals surface area contributed by atoms with Gasteiger partial charge in [-0.15, -0.1) is 0 Å². The molecule has 0 aromatic heterocycles. The normalized spacial score (nSPS) is 13.4. The minimum Gasteiger partial charge on any atom is -0.489 e. The van der Waals surface area contributed by atoms with Gasteiger partial charge in [0.2, 0.25) is 0 Å². The lowest BCUT2D eigenvalue weighted by Crippen LogP contribution is -2.03. The molecule has 2 aromatic rings. The van der Waals surface area contributed by atoms with E-state index in [2.05, 4.69) is 39.4 Å². The molecule has 1 aliphatic rings. The van der Waals surface area contributed by atoms with Gasteiger partial charge in [0.1, 0.15) is 12.4 Å². The number of benzene rings is 2. The van der Waals surface area contributed by atoms with Gasteiger partial charge in [0.15, 0.2) is 0 Å². The Kier molecular flexibility index (Phi) is 3.35. The smallest absolute Gasteiger partial charge is 0.119 e. The van der Waals surface area contributed by atoms with Crippen LogP contribution < -0.4 is 10.1 Å². The van der Waals surface area contributed by atoms with E-state index in [4.69, 9.17) is 4.74 Å². The average Bonchev–Trinajstić information content (AvgIpc) is 2.87. The van der Waals surface area contributed by atoms with Gasteiger partial charge in [-0.25, -0.2) is 0 Å². The molecule has 2 aromatic carbocycles. The Morgan fingerprint density at radius 2 is 1.89 bits per heavy atom. The maximum Gasteiger partial charge on any atom is 0.119 e. The fourth-order valence-corrected chi connectivity index (χ4v) is 2.49. The Hall–Kier alpha value is -1.32. The maximum absolute atomic E-state index is 5.82. The average molecular weight is 304 g/mol. The number of halogens is 1. The van der Waals surface area contributed by atoms with Crippen LogP contribution in [0.3, 0.4) is 0 Å². The summed E-state index contributed by atoms with van der Waals surface area (Å²) in [5.41, 5.74) is 4.07. The number of fused-ring (bicyclic) bond motifs is 1. The minimum absolute atomic E-state index is 0.631. The van der Waals surface area contributed by atoms with Gasteiger partial charge in [-0.2, -0.15) is 0 Å². The molecule has 3 heteroatoms. The third-order valence-corrected chi connectivity index (χ3v) is 3.72. The summed E-state index contributed by atoms with van der Waals surface area (Å²) in [6.07, 6.45) is 0. The van der Waals surface area contributed by atoms with Crippen molar-refractivity contribution in [2.45, 2.75) is 19.7 Å². The second kappa shape index (κ2) is 5.12. The van der Waals surface area contributed by atoms with Crippen molar-refractivity contribution in [1.82, 2.24) is 5.32 Å². The van der Waals surface area contributed by atoms with Gasteiger partial charge in [-0.05, 0) is 41.0 Å². The largest absolute Gasteiger partial charge is 0.489 e. The zero-order chi connectivity index (χ0) is 12.4. The van der Waals surface area contributed by atoms with Crippen LogP contribution in [0.5, 0.6) is 5.75 Å². The quantitative estimate of drug-likeness (QED) is 0.935. The monoisotopic (exact) mass is 303 g/mol. The van der Waals surface area contributed by atoms with Crippen molar-refractivity contribution in [3.05, 3.63) is 63.6 Å². The Morgan fingerprint density at radius 1 is 1.06 bits per heavy atom. The molecule has 0 radical (unpaired) electrons. The molecule has 3 rings (SSSR count). The van der Waals surface area contributed by atoms with E-state index >= 15 is 0 Å². The molecule has 0 unspecified atom stereocenters. The van der Waals surface area contributed by atoms with Crippen LogP contribution in [0.15, 0.2) is 46.9 Å². The highest BCUT2D eigenvalue weighted by Gasteiger charge is 2.13. The first kappa shape index (κ1) is 11.8. The zero-order valence-corrected chi connectivity index (χ0v) is 11.5. The Labute approximate surface area is 115 Å². The Balaban J connectivity index is 1.74. The van der Waals surface area contributed by atoms with Gasteiger partial charge in [-0.1, -0.05) is 34.1 Å². The van der Waals surface area contributed by atoms with E-state index in [1.54, 1.807) is 0 Å². The standard InChI is InChI=1S/C15H14BrNO/c16-13-4-6-14(7-5-13)18-10-12-3-1-2-11-8-17-9-15(11)12/h1-7,17H,8-10H2. The van der Waals surface area contributed by atoms with Crippen molar-refractivity contribution in [1.29, 1.82) is 0 Å². The van der Waals surface area contributed by atoms with Crippen molar-refractivity contribution >= 4 is 15.9 Å². The Bertz CT molecular complexity index is 551. The second-order valence-electron chi connectivity index (χ2n) is 4.40. The topological polar surface area (TPSA) is 21.3 Å². The van der Waals surface area contributed by atoms with E-state index in [0.29, 0.717) is 6.61 Å². The lowest BCUT2D eigenvalue weighted by Gasteiger charge is -2.10. The number of nitrogens with one attached hydrogen (secondary N) is 1.